The summed E-state index contributed by atoms with van der Waals surface area (Å²) >= 11 is 0. The molecule has 158 valence electrons. The first-order valence-corrected chi connectivity index (χ1v) is 10.9. The van der Waals surface area contributed by atoms with Gasteiger partial charge in [0.05, 0.1) is 0 Å². The van der Waals surface area contributed by atoms with Crippen LogP contribution in [0.3, 0.4) is 0 Å². The highest BCUT2D eigenvalue weighted by Gasteiger charge is 2.29. The predicted molar refractivity (Wildman–Crippen MR) is 113 cm³/mol. The summed E-state index contributed by atoms with van der Waals surface area (Å²) in [5.74, 6) is 1.09. The molecule has 2 unspecified atom stereocenters. The molecule has 1 aliphatic rings. The van der Waals surface area contributed by atoms with Gasteiger partial charge in [-0.25, -0.2) is 0 Å². The summed E-state index contributed by atoms with van der Waals surface area (Å²) in [5, 5.41) is 19.4. The summed E-state index contributed by atoms with van der Waals surface area (Å²) in [6.45, 7) is 12.1. The highest BCUT2D eigenvalue weighted by atomic mass is 16.3. The van der Waals surface area contributed by atoms with Crippen LogP contribution in [-0.2, 0) is 4.79 Å². The van der Waals surface area contributed by atoms with Crippen molar-refractivity contribution < 1.29 is 9.90 Å². The third-order valence-corrected chi connectivity index (χ3v) is 5.88. The lowest BCUT2D eigenvalue weighted by atomic mass is 9.79. The first-order chi connectivity index (χ1) is 12.9. The Hall–Kier alpha value is -1.30. The summed E-state index contributed by atoms with van der Waals surface area (Å²) in [6.07, 6.45) is 6.75. The molecule has 0 spiro atoms. The van der Waals surface area contributed by atoms with Gasteiger partial charge < -0.3 is 21.1 Å². The summed E-state index contributed by atoms with van der Waals surface area (Å²) in [7, 11) is 0. The van der Waals surface area contributed by atoms with E-state index < -0.39 is 0 Å². The fourth-order valence-electron chi connectivity index (χ4n) is 3.86. The zero-order valence-corrected chi connectivity index (χ0v) is 18.1. The molecule has 0 saturated heterocycles. The highest BCUT2D eigenvalue weighted by molar-refractivity contribution is 5.81. The van der Waals surface area contributed by atoms with E-state index in [1.165, 1.54) is 0 Å². The van der Waals surface area contributed by atoms with Gasteiger partial charge in [0.2, 0.25) is 5.91 Å². The molecule has 4 N–H and O–H groups in total. The summed E-state index contributed by atoms with van der Waals surface area (Å²) in [5.41, 5.74) is 0.0589. The second kappa shape index (κ2) is 12.2. The maximum absolute atomic E-state index is 12.4. The quantitative estimate of drug-likeness (QED) is 0.346. The van der Waals surface area contributed by atoms with Gasteiger partial charge in [-0.2, -0.15) is 0 Å². The van der Waals surface area contributed by atoms with Crippen molar-refractivity contribution in [2.24, 2.45) is 16.3 Å². The molecule has 0 heterocycles. The minimum Gasteiger partial charge on any atom is -0.396 e. The molecule has 0 radical (unpaired) electrons. The number of amides is 1. The van der Waals surface area contributed by atoms with E-state index in [2.05, 4.69) is 36.7 Å². The molecule has 2 atom stereocenters. The lowest BCUT2D eigenvalue weighted by Crippen LogP contribution is -2.48. The molecule has 6 heteroatoms. The van der Waals surface area contributed by atoms with E-state index in [4.69, 9.17) is 4.99 Å². The largest absolute Gasteiger partial charge is 0.396 e. The number of aliphatic hydroxyl groups excluding tert-OH is 1. The molecule has 0 aromatic heterocycles. The maximum Gasteiger partial charge on any atom is 0.223 e. The first kappa shape index (κ1) is 23.7. The Bertz CT molecular complexity index is 461. The second-order valence-electron chi connectivity index (χ2n) is 8.24. The van der Waals surface area contributed by atoms with Crippen LogP contribution in [0.5, 0.6) is 0 Å². The van der Waals surface area contributed by atoms with Gasteiger partial charge in [0.15, 0.2) is 5.96 Å². The van der Waals surface area contributed by atoms with Crippen LogP contribution in [0.2, 0.25) is 0 Å². The molecule has 0 aliphatic heterocycles. The zero-order chi connectivity index (χ0) is 20.3. The number of carbonyl (C=O) groups excluding carboxylic acids is 1. The molecular weight excluding hydrogens is 340 g/mol. The van der Waals surface area contributed by atoms with Gasteiger partial charge in [0, 0.05) is 37.7 Å². The van der Waals surface area contributed by atoms with Crippen molar-refractivity contribution in [3.8, 4) is 0 Å². The van der Waals surface area contributed by atoms with E-state index in [0.717, 1.165) is 57.5 Å². The van der Waals surface area contributed by atoms with Crippen LogP contribution in [0.4, 0.5) is 0 Å². The van der Waals surface area contributed by atoms with Gasteiger partial charge >= 0.3 is 0 Å². The molecule has 1 fully saturated rings. The van der Waals surface area contributed by atoms with Crippen molar-refractivity contribution in [2.75, 3.05) is 19.7 Å². The van der Waals surface area contributed by atoms with E-state index in [9.17, 15) is 9.90 Å². The van der Waals surface area contributed by atoms with Crippen molar-refractivity contribution in [1.82, 2.24) is 16.0 Å². The molecule has 0 aromatic rings. The number of aliphatic imine (C=N–C) groups is 1. The number of guanidine groups is 1. The average molecular weight is 383 g/mol. The SMILES string of the molecule is CCNC(=NCC(CC)(CC)CCO)NC1CCCC(C(=O)NC(C)C)C1. The van der Waals surface area contributed by atoms with Crippen LogP contribution in [0.1, 0.15) is 79.6 Å². The first-order valence-electron chi connectivity index (χ1n) is 10.9. The summed E-state index contributed by atoms with van der Waals surface area (Å²) < 4.78 is 0. The van der Waals surface area contributed by atoms with Crippen molar-refractivity contribution in [1.29, 1.82) is 0 Å². The van der Waals surface area contributed by atoms with Crippen LogP contribution < -0.4 is 16.0 Å². The molecular formula is C21H42N4O2. The van der Waals surface area contributed by atoms with Gasteiger partial charge in [0.1, 0.15) is 0 Å². The number of nitrogens with one attached hydrogen (secondary N) is 3. The fourth-order valence-corrected chi connectivity index (χ4v) is 3.86. The Morgan fingerprint density at radius 3 is 2.48 bits per heavy atom. The minimum absolute atomic E-state index is 0.0589. The van der Waals surface area contributed by atoms with Crippen molar-refractivity contribution >= 4 is 11.9 Å². The van der Waals surface area contributed by atoms with Crippen LogP contribution in [-0.4, -0.2) is 48.8 Å². The van der Waals surface area contributed by atoms with Crippen LogP contribution >= 0.6 is 0 Å². The van der Waals surface area contributed by atoms with Gasteiger partial charge in [-0.3, -0.25) is 9.79 Å². The lowest BCUT2D eigenvalue weighted by Gasteiger charge is -2.32. The third kappa shape index (κ3) is 8.08. The minimum atomic E-state index is 0.0589. The van der Waals surface area contributed by atoms with Crippen LogP contribution in [0.15, 0.2) is 4.99 Å². The Labute approximate surface area is 166 Å². The van der Waals surface area contributed by atoms with E-state index in [0.29, 0.717) is 6.54 Å². The number of hydrogen-bond donors (Lipinski definition) is 4. The monoisotopic (exact) mass is 382 g/mol. The second-order valence-corrected chi connectivity index (χ2v) is 8.24. The fraction of sp³-hybridized carbons (Fsp3) is 0.905. The number of nitrogens with zero attached hydrogens (tertiary/aromatic N) is 1. The third-order valence-electron chi connectivity index (χ3n) is 5.88. The van der Waals surface area contributed by atoms with E-state index in [1.54, 1.807) is 0 Å². The van der Waals surface area contributed by atoms with Gasteiger partial charge in [-0.1, -0.05) is 20.3 Å². The number of rotatable bonds is 10. The Kier molecular flexibility index (Phi) is 10.7. The standard InChI is InChI=1S/C21H42N4O2/c1-6-21(7-2,12-13-26)15-23-20(22-8-3)25-18-11-9-10-17(14-18)19(27)24-16(4)5/h16-18,26H,6-15H2,1-5H3,(H,24,27)(H2,22,23,25). The molecule has 1 aliphatic carbocycles. The molecule has 0 bridgehead atoms. The van der Waals surface area contributed by atoms with Gasteiger partial charge in [0.25, 0.3) is 0 Å². The van der Waals surface area contributed by atoms with Crippen molar-refractivity contribution in [3.63, 3.8) is 0 Å². The number of hydrogen-bond acceptors (Lipinski definition) is 3. The highest BCUT2D eigenvalue weighted by Crippen LogP contribution is 2.30. The van der Waals surface area contributed by atoms with E-state index >= 15 is 0 Å². The lowest BCUT2D eigenvalue weighted by molar-refractivity contribution is -0.126. The summed E-state index contributed by atoms with van der Waals surface area (Å²) in [4.78, 5) is 17.2. The molecule has 6 nitrogen and oxygen atoms in total. The smallest absolute Gasteiger partial charge is 0.223 e. The predicted octanol–water partition coefficient (Wildman–Crippen LogP) is 2.81. The van der Waals surface area contributed by atoms with Gasteiger partial charge in [-0.15, -0.1) is 0 Å². The van der Waals surface area contributed by atoms with Crippen molar-refractivity contribution in [3.05, 3.63) is 0 Å². The average Bonchev–Trinajstić information content (AvgIpc) is 2.65. The maximum atomic E-state index is 12.4. The van der Waals surface area contributed by atoms with E-state index in [-0.39, 0.29) is 35.9 Å². The number of aliphatic hydroxyl groups is 1. The number of carbonyl (C=O) groups is 1. The molecule has 27 heavy (non-hydrogen) atoms. The molecule has 1 amide bonds. The van der Waals surface area contributed by atoms with E-state index in [1.807, 2.05) is 13.8 Å². The molecule has 0 aromatic carbocycles. The Morgan fingerprint density at radius 2 is 1.93 bits per heavy atom. The normalized spacial score (nSPS) is 21.2. The zero-order valence-electron chi connectivity index (χ0n) is 18.1. The summed E-state index contributed by atoms with van der Waals surface area (Å²) in [6, 6.07) is 0.461. The van der Waals surface area contributed by atoms with Crippen LogP contribution in [0, 0.1) is 11.3 Å². The molecule has 1 saturated carbocycles. The molecule has 1 rings (SSSR count). The Balaban J connectivity index is 2.73. The van der Waals surface area contributed by atoms with Crippen molar-refractivity contribution in [2.45, 2.75) is 91.6 Å². The van der Waals surface area contributed by atoms with Crippen LogP contribution in [0.25, 0.3) is 0 Å². The van der Waals surface area contributed by atoms with Gasteiger partial charge in [-0.05, 0) is 64.7 Å². The topological polar surface area (TPSA) is 85.8 Å². The Morgan fingerprint density at radius 1 is 1.22 bits per heavy atom.